The van der Waals surface area contributed by atoms with E-state index in [2.05, 4.69) is 64.5 Å². The van der Waals surface area contributed by atoms with E-state index in [0.717, 1.165) is 47.7 Å². The van der Waals surface area contributed by atoms with E-state index in [1.54, 1.807) is 0 Å². The molecule has 0 amide bonds. The Balaban J connectivity index is 0.00000205. The van der Waals surface area contributed by atoms with Gasteiger partial charge in [0.2, 0.25) is 0 Å². The summed E-state index contributed by atoms with van der Waals surface area (Å²) >= 11 is 0. The number of aromatic amines is 1. The third-order valence-corrected chi connectivity index (χ3v) is 5.64. The maximum Gasteiger partial charge on any atom is 0.256 e. The highest BCUT2D eigenvalue weighted by Crippen LogP contribution is 2.25. The topological polar surface area (TPSA) is 36.1 Å². The van der Waals surface area contributed by atoms with Gasteiger partial charge in [0.1, 0.15) is 0 Å². The molecule has 1 N–H and O–H groups in total. The Bertz CT molecular complexity index is 1240. The van der Waals surface area contributed by atoms with Gasteiger partial charge in [-0.15, -0.1) is 12.4 Å². The quantitative estimate of drug-likeness (QED) is 0.466. The van der Waals surface area contributed by atoms with Crippen LogP contribution in [-0.4, -0.2) is 23.0 Å². The van der Waals surface area contributed by atoms with Gasteiger partial charge in [-0.3, -0.25) is 9.69 Å². The minimum atomic E-state index is -0.0198. The van der Waals surface area contributed by atoms with Gasteiger partial charge in [-0.05, 0) is 40.6 Å². The van der Waals surface area contributed by atoms with E-state index >= 15 is 0 Å². The Kier molecular flexibility index (Phi) is 5.52. The highest BCUT2D eigenvalue weighted by molar-refractivity contribution is 6.05. The van der Waals surface area contributed by atoms with Crippen LogP contribution in [0.4, 0.5) is 0 Å². The lowest BCUT2D eigenvalue weighted by Gasteiger charge is -2.26. The standard InChI is InChI=1S/C25H22N2O.ClH/c28-25-23-9-5-4-8-21(23)22-11-10-18(16-24(22)26-25)17-27-14-12-20(13-15-27)19-6-2-1-3-7-19;/h1-12,16H,13-15,17H2,(H,26,28);1H. The number of fused-ring (bicyclic) bond motifs is 3. The van der Waals surface area contributed by atoms with Crippen molar-refractivity contribution in [2.45, 2.75) is 13.0 Å². The fraction of sp³-hybridized carbons (Fsp3) is 0.160. The summed E-state index contributed by atoms with van der Waals surface area (Å²) in [5.74, 6) is 0. The smallest absolute Gasteiger partial charge is 0.256 e. The second-order valence-corrected chi connectivity index (χ2v) is 7.46. The van der Waals surface area contributed by atoms with Crippen LogP contribution in [0.3, 0.4) is 0 Å². The molecule has 4 aromatic rings. The number of nitrogens with zero attached hydrogens (tertiary/aromatic N) is 1. The maximum absolute atomic E-state index is 12.4. The number of aromatic nitrogens is 1. The predicted molar refractivity (Wildman–Crippen MR) is 124 cm³/mol. The van der Waals surface area contributed by atoms with Gasteiger partial charge in [-0.2, -0.15) is 0 Å². The number of benzene rings is 3. The summed E-state index contributed by atoms with van der Waals surface area (Å²) < 4.78 is 0. The molecule has 0 spiro atoms. The van der Waals surface area contributed by atoms with Crippen LogP contribution in [-0.2, 0) is 6.54 Å². The molecule has 0 atom stereocenters. The molecule has 1 aromatic heterocycles. The Hall–Kier alpha value is -2.88. The largest absolute Gasteiger partial charge is 0.321 e. The number of hydrogen-bond acceptors (Lipinski definition) is 2. The van der Waals surface area contributed by atoms with Crippen molar-refractivity contribution in [2.75, 3.05) is 13.1 Å². The van der Waals surface area contributed by atoms with Crippen molar-refractivity contribution in [2.24, 2.45) is 0 Å². The van der Waals surface area contributed by atoms with E-state index in [-0.39, 0.29) is 18.0 Å². The molecule has 0 bridgehead atoms. The van der Waals surface area contributed by atoms with E-state index in [4.69, 9.17) is 0 Å². The maximum atomic E-state index is 12.4. The van der Waals surface area contributed by atoms with Crippen molar-refractivity contribution in [1.82, 2.24) is 9.88 Å². The van der Waals surface area contributed by atoms with Gasteiger partial charge in [-0.25, -0.2) is 0 Å². The van der Waals surface area contributed by atoms with Crippen molar-refractivity contribution in [3.8, 4) is 0 Å². The predicted octanol–water partition coefficient (Wildman–Crippen LogP) is 5.39. The number of H-pyrrole nitrogens is 1. The molecule has 0 radical (unpaired) electrons. The van der Waals surface area contributed by atoms with Gasteiger partial charge in [0.15, 0.2) is 0 Å². The van der Waals surface area contributed by atoms with E-state index in [1.807, 2.05) is 24.3 Å². The average Bonchev–Trinajstić information content (AvgIpc) is 2.75. The number of halogens is 1. The van der Waals surface area contributed by atoms with Crippen molar-refractivity contribution in [1.29, 1.82) is 0 Å². The van der Waals surface area contributed by atoms with Crippen molar-refractivity contribution >= 4 is 39.7 Å². The van der Waals surface area contributed by atoms with Gasteiger partial charge in [0, 0.05) is 35.9 Å². The van der Waals surface area contributed by atoms with Crippen LogP contribution in [0.15, 0.2) is 83.7 Å². The molecule has 0 aliphatic carbocycles. The summed E-state index contributed by atoms with van der Waals surface area (Å²) in [6, 6.07) is 24.9. The van der Waals surface area contributed by atoms with E-state index in [1.165, 1.54) is 16.7 Å². The van der Waals surface area contributed by atoms with Crippen LogP contribution in [0.5, 0.6) is 0 Å². The van der Waals surface area contributed by atoms with E-state index in [9.17, 15) is 4.79 Å². The minimum Gasteiger partial charge on any atom is -0.321 e. The lowest BCUT2D eigenvalue weighted by molar-refractivity contribution is 0.294. The second-order valence-electron chi connectivity index (χ2n) is 7.46. The summed E-state index contributed by atoms with van der Waals surface area (Å²) in [5, 5.41) is 2.86. The monoisotopic (exact) mass is 402 g/mol. The van der Waals surface area contributed by atoms with Crippen LogP contribution >= 0.6 is 12.4 Å². The molecule has 3 nitrogen and oxygen atoms in total. The van der Waals surface area contributed by atoms with E-state index in [0.29, 0.717) is 0 Å². The van der Waals surface area contributed by atoms with Gasteiger partial charge >= 0.3 is 0 Å². The zero-order chi connectivity index (χ0) is 18.9. The molecular weight excluding hydrogens is 380 g/mol. The molecule has 0 saturated heterocycles. The molecule has 4 heteroatoms. The third-order valence-electron chi connectivity index (χ3n) is 5.64. The Morgan fingerprint density at radius 3 is 2.38 bits per heavy atom. The number of nitrogens with one attached hydrogen (secondary N) is 1. The Labute approximate surface area is 176 Å². The summed E-state index contributed by atoms with van der Waals surface area (Å²) in [4.78, 5) is 17.9. The fourth-order valence-corrected chi connectivity index (χ4v) is 4.16. The third kappa shape index (κ3) is 3.84. The summed E-state index contributed by atoms with van der Waals surface area (Å²) in [6.07, 6.45) is 3.41. The molecule has 2 heterocycles. The SMILES string of the molecule is Cl.O=c1[nH]c2cc(CN3CC=C(c4ccccc4)CC3)ccc2c2ccccc12. The van der Waals surface area contributed by atoms with Gasteiger partial charge in [0.25, 0.3) is 5.56 Å². The lowest BCUT2D eigenvalue weighted by atomic mass is 9.99. The first-order valence-electron chi connectivity index (χ1n) is 9.78. The van der Waals surface area contributed by atoms with Crippen LogP contribution in [0, 0.1) is 0 Å². The minimum absolute atomic E-state index is 0. The van der Waals surface area contributed by atoms with Crippen molar-refractivity contribution in [3.63, 3.8) is 0 Å². The van der Waals surface area contributed by atoms with Crippen molar-refractivity contribution in [3.05, 3.63) is 100 Å². The lowest BCUT2D eigenvalue weighted by Crippen LogP contribution is -2.28. The molecule has 29 heavy (non-hydrogen) atoms. The van der Waals surface area contributed by atoms with E-state index < -0.39 is 0 Å². The van der Waals surface area contributed by atoms with Crippen LogP contribution < -0.4 is 5.56 Å². The zero-order valence-electron chi connectivity index (χ0n) is 16.1. The van der Waals surface area contributed by atoms with Crippen LogP contribution in [0.1, 0.15) is 17.5 Å². The van der Waals surface area contributed by atoms with Gasteiger partial charge < -0.3 is 4.98 Å². The molecule has 1 aliphatic heterocycles. The fourth-order valence-electron chi connectivity index (χ4n) is 4.16. The molecule has 0 unspecified atom stereocenters. The first kappa shape index (κ1) is 19.4. The zero-order valence-corrected chi connectivity index (χ0v) is 16.9. The number of rotatable bonds is 3. The number of pyridine rings is 1. The Morgan fingerprint density at radius 1 is 0.862 bits per heavy atom. The summed E-state index contributed by atoms with van der Waals surface area (Å²) in [6.45, 7) is 2.90. The first-order valence-corrected chi connectivity index (χ1v) is 9.78. The molecule has 0 saturated carbocycles. The van der Waals surface area contributed by atoms with Crippen LogP contribution in [0.2, 0.25) is 0 Å². The number of hydrogen-bond donors (Lipinski definition) is 1. The molecule has 0 fully saturated rings. The second kappa shape index (κ2) is 8.24. The molecular formula is C25H23ClN2O. The molecule has 5 rings (SSSR count). The van der Waals surface area contributed by atoms with Crippen LogP contribution in [0.25, 0.3) is 27.2 Å². The normalized spacial score (nSPS) is 14.6. The first-order chi connectivity index (χ1) is 13.8. The van der Waals surface area contributed by atoms with Gasteiger partial charge in [-0.1, -0.05) is 66.7 Å². The average molecular weight is 403 g/mol. The molecule has 3 aromatic carbocycles. The molecule has 1 aliphatic rings. The van der Waals surface area contributed by atoms with Gasteiger partial charge in [0.05, 0.1) is 0 Å². The summed E-state index contributed by atoms with van der Waals surface area (Å²) in [7, 11) is 0. The highest BCUT2D eigenvalue weighted by Gasteiger charge is 2.14. The van der Waals surface area contributed by atoms with Crippen molar-refractivity contribution < 1.29 is 0 Å². The summed E-state index contributed by atoms with van der Waals surface area (Å²) in [5.41, 5.74) is 4.89. The Morgan fingerprint density at radius 2 is 1.62 bits per heavy atom. The molecule has 146 valence electrons. The highest BCUT2D eigenvalue weighted by atomic mass is 35.5.